The maximum Gasteiger partial charge on any atom is 0.410 e. The predicted molar refractivity (Wildman–Crippen MR) is 231 cm³/mol. The zero-order chi connectivity index (χ0) is 45.6. The van der Waals surface area contributed by atoms with Crippen molar-refractivity contribution in [2.75, 3.05) is 35.4 Å². The Morgan fingerprint density at radius 1 is 0.817 bits per heavy atom. The van der Waals surface area contributed by atoms with Crippen molar-refractivity contribution in [3.63, 3.8) is 0 Å². The summed E-state index contributed by atoms with van der Waals surface area (Å²) in [6.07, 6.45) is 1.12. The number of ketones is 1. The van der Waals surface area contributed by atoms with Gasteiger partial charge in [-0.15, -0.1) is 0 Å². The van der Waals surface area contributed by atoms with Gasteiger partial charge < -0.3 is 34.5 Å². The standard InChI is InChI=1S/C46H76N4O10/c1-16-29(6)39(49(11)43(54)37(27(2)3)48-42(53)38(28(4)5)50(12)45(56)60-46(8,9)10)36(57-13)26-35(51)32-23-20-24-33(32)40(58-14)30(7)41(52)47-34(44(55)59-15)25-31-21-18-17-19-22-31/h17-19,21-22,27-30,32-34,36-40H,16,20,23-26H2,1-15H3,(H,47,52)(H,48,53)/t29-,30+,32?,33+,34-,36+,37-,38-,39-,40+/m0/s1. The van der Waals surface area contributed by atoms with E-state index in [4.69, 9.17) is 18.9 Å². The van der Waals surface area contributed by atoms with E-state index >= 15 is 0 Å². The van der Waals surface area contributed by atoms with E-state index in [-0.39, 0.29) is 54.1 Å². The first-order valence-corrected chi connectivity index (χ1v) is 21.6. The summed E-state index contributed by atoms with van der Waals surface area (Å²) in [7, 11) is 7.56. The van der Waals surface area contributed by atoms with Gasteiger partial charge in [0.2, 0.25) is 17.7 Å². The quantitative estimate of drug-likeness (QED) is 0.135. The third kappa shape index (κ3) is 14.3. The lowest BCUT2D eigenvalue weighted by atomic mass is 9.79. The van der Waals surface area contributed by atoms with E-state index in [9.17, 15) is 28.8 Å². The highest BCUT2D eigenvalue weighted by atomic mass is 16.6. The van der Waals surface area contributed by atoms with E-state index < -0.39 is 71.8 Å². The lowest BCUT2D eigenvalue weighted by Crippen LogP contribution is -2.60. The fourth-order valence-corrected chi connectivity index (χ4v) is 8.59. The number of nitrogens with one attached hydrogen (secondary N) is 2. The molecule has 2 N–H and O–H groups in total. The Balaban J connectivity index is 2.31. The molecule has 14 nitrogen and oxygen atoms in total. The molecule has 4 amide bonds. The molecule has 0 aliphatic heterocycles. The van der Waals surface area contributed by atoms with E-state index in [2.05, 4.69) is 10.6 Å². The van der Waals surface area contributed by atoms with Gasteiger partial charge in [0, 0.05) is 47.1 Å². The molecule has 0 bridgehead atoms. The summed E-state index contributed by atoms with van der Waals surface area (Å²) in [6.45, 7) is 18.4. The normalized spacial score (nSPS) is 19.6. The first kappa shape index (κ1) is 52.1. The van der Waals surface area contributed by atoms with E-state index in [1.807, 2.05) is 71.9 Å². The van der Waals surface area contributed by atoms with Crippen molar-refractivity contribution in [1.29, 1.82) is 0 Å². The molecular formula is C46H76N4O10. The van der Waals surface area contributed by atoms with Crippen molar-refractivity contribution in [3.05, 3.63) is 35.9 Å². The molecule has 340 valence electrons. The molecule has 60 heavy (non-hydrogen) atoms. The van der Waals surface area contributed by atoms with E-state index in [1.165, 1.54) is 33.3 Å². The first-order valence-electron chi connectivity index (χ1n) is 21.6. The maximum absolute atomic E-state index is 14.5. The number of amides is 4. The molecular weight excluding hydrogens is 769 g/mol. The minimum atomic E-state index is -0.934. The van der Waals surface area contributed by atoms with Gasteiger partial charge in [0.15, 0.2) is 0 Å². The molecule has 0 saturated heterocycles. The number of methoxy groups -OCH3 is 3. The minimum Gasteiger partial charge on any atom is -0.467 e. The van der Waals surface area contributed by atoms with Crippen LogP contribution in [0.5, 0.6) is 0 Å². The number of hydrogen-bond donors (Lipinski definition) is 2. The van der Waals surface area contributed by atoms with Crippen molar-refractivity contribution in [2.45, 2.75) is 150 Å². The zero-order valence-corrected chi connectivity index (χ0v) is 39.0. The zero-order valence-electron chi connectivity index (χ0n) is 39.0. The van der Waals surface area contributed by atoms with Crippen LogP contribution in [0.3, 0.4) is 0 Å². The van der Waals surface area contributed by atoms with Crippen LogP contribution in [-0.2, 0) is 49.3 Å². The number of esters is 1. The van der Waals surface area contributed by atoms with Crippen molar-refractivity contribution >= 4 is 35.6 Å². The Morgan fingerprint density at radius 3 is 1.93 bits per heavy atom. The Kier molecular flexibility index (Phi) is 20.7. The van der Waals surface area contributed by atoms with Crippen LogP contribution in [0.1, 0.15) is 107 Å². The van der Waals surface area contributed by atoms with Crippen LogP contribution in [0.15, 0.2) is 30.3 Å². The third-order valence-electron chi connectivity index (χ3n) is 12.0. The van der Waals surface area contributed by atoms with Gasteiger partial charge in [-0.25, -0.2) is 9.59 Å². The summed E-state index contributed by atoms with van der Waals surface area (Å²) in [4.78, 5) is 85.1. The Labute approximate surface area is 359 Å². The van der Waals surface area contributed by atoms with Gasteiger partial charge in [-0.05, 0) is 62.8 Å². The monoisotopic (exact) mass is 845 g/mol. The highest BCUT2D eigenvalue weighted by molar-refractivity contribution is 5.92. The molecule has 1 unspecified atom stereocenters. The number of likely N-dealkylation sites (N-methyl/N-ethyl adjacent to an activating group) is 2. The van der Waals surface area contributed by atoms with Gasteiger partial charge in [0.05, 0.1) is 31.3 Å². The fraction of sp³-hybridized carbons (Fsp3) is 0.739. The summed E-state index contributed by atoms with van der Waals surface area (Å²) < 4.78 is 22.6. The van der Waals surface area contributed by atoms with Crippen molar-refractivity contribution in [2.24, 2.45) is 35.5 Å². The van der Waals surface area contributed by atoms with Crippen molar-refractivity contribution < 1.29 is 47.7 Å². The topological polar surface area (TPSA) is 170 Å². The predicted octanol–water partition coefficient (Wildman–Crippen LogP) is 5.83. The molecule has 1 aromatic rings. The number of carbonyl (C=O) groups is 6. The molecule has 1 aliphatic carbocycles. The number of hydrogen-bond acceptors (Lipinski definition) is 10. The Hall–Kier alpha value is -4.04. The van der Waals surface area contributed by atoms with Gasteiger partial charge in [-0.1, -0.05) is 91.6 Å². The van der Waals surface area contributed by atoms with Gasteiger partial charge in [0.1, 0.15) is 29.5 Å². The van der Waals surface area contributed by atoms with Crippen LogP contribution in [-0.4, -0.2) is 123 Å². The number of carbonyl (C=O) groups excluding carboxylic acids is 6. The van der Waals surface area contributed by atoms with Gasteiger partial charge in [-0.3, -0.25) is 24.1 Å². The summed E-state index contributed by atoms with van der Waals surface area (Å²) in [5.41, 5.74) is 0.111. The molecule has 0 radical (unpaired) electrons. The lowest BCUT2D eigenvalue weighted by molar-refractivity contribution is -0.147. The third-order valence-corrected chi connectivity index (χ3v) is 12.0. The first-order chi connectivity index (χ1) is 28.0. The molecule has 2 rings (SSSR count). The van der Waals surface area contributed by atoms with Crippen molar-refractivity contribution in [3.8, 4) is 0 Å². The van der Waals surface area contributed by atoms with Gasteiger partial charge in [-0.2, -0.15) is 0 Å². The molecule has 1 aliphatic rings. The highest BCUT2D eigenvalue weighted by Gasteiger charge is 2.45. The average Bonchev–Trinajstić information content (AvgIpc) is 3.68. The summed E-state index contributed by atoms with van der Waals surface area (Å²) >= 11 is 0. The number of nitrogens with zero attached hydrogens (tertiary/aromatic N) is 2. The number of ether oxygens (including phenoxy) is 4. The van der Waals surface area contributed by atoms with Crippen LogP contribution >= 0.6 is 0 Å². The molecule has 0 heterocycles. The molecule has 0 aromatic heterocycles. The second-order valence-electron chi connectivity index (χ2n) is 18.2. The van der Waals surface area contributed by atoms with Crippen LogP contribution in [0.4, 0.5) is 4.79 Å². The highest BCUT2D eigenvalue weighted by Crippen LogP contribution is 2.40. The summed E-state index contributed by atoms with van der Waals surface area (Å²) in [5, 5.41) is 5.82. The molecule has 1 aromatic carbocycles. The van der Waals surface area contributed by atoms with E-state index in [0.717, 1.165) is 12.0 Å². The molecule has 1 saturated carbocycles. The second kappa shape index (κ2) is 23.8. The lowest BCUT2D eigenvalue weighted by Gasteiger charge is -2.41. The van der Waals surface area contributed by atoms with Gasteiger partial charge in [0.25, 0.3) is 0 Å². The smallest absolute Gasteiger partial charge is 0.410 e. The summed E-state index contributed by atoms with van der Waals surface area (Å²) in [6, 6.07) is 6.10. The van der Waals surface area contributed by atoms with Crippen LogP contribution < -0.4 is 10.6 Å². The average molecular weight is 845 g/mol. The number of Topliss-reactive ketones (excluding diaryl/α,β-unsaturated/α-hetero) is 1. The van der Waals surface area contributed by atoms with Crippen LogP contribution in [0.25, 0.3) is 0 Å². The van der Waals surface area contributed by atoms with E-state index in [0.29, 0.717) is 19.3 Å². The van der Waals surface area contributed by atoms with Gasteiger partial charge >= 0.3 is 12.1 Å². The molecule has 0 spiro atoms. The molecule has 14 heteroatoms. The molecule has 10 atom stereocenters. The molecule has 1 fully saturated rings. The fourth-order valence-electron chi connectivity index (χ4n) is 8.59. The number of rotatable bonds is 22. The maximum atomic E-state index is 14.5. The van der Waals surface area contributed by atoms with Crippen LogP contribution in [0.2, 0.25) is 0 Å². The second-order valence-corrected chi connectivity index (χ2v) is 18.2. The largest absolute Gasteiger partial charge is 0.467 e. The van der Waals surface area contributed by atoms with E-state index in [1.54, 1.807) is 39.6 Å². The van der Waals surface area contributed by atoms with Crippen molar-refractivity contribution in [1.82, 2.24) is 20.4 Å². The summed E-state index contributed by atoms with van der Waals surface area (Å²) in [5.74, 6) is -3.83. The number of benzene rings is 1. The Morgan fingerprint density at radius 2 is 1.43 bits per heavy atom. The Bertz CT molecular complexity index is 1560. The minimum absolute atomic E-state index is 0.0254. The SMILES string of the molecule is CC[C@H](C)[C@@H]([C@@H](CC(=O)C1CCC[C@H]1[C@H](OC)[C@@H](C)C(=O)N[C@@H](Cc1ccccc1)C(=O)OC)OC)N(C)C(=O)[C@@H](NC(=O)[C@H](C(C)C)N(C)C(=O)OC(C)(C)C)C(C)C. The van der Waals surface area contributed by atoms with Crippen LogP contribution in [0, 0.1) is 35.5 Å².